The number of carbonyl (C=O) groups is 1. The lowest BCUT2D eigenvalue weighted by Crippen LogP contribution is -2.38. The van der Waals surface area contributed by atoms with Gasteiger partial charge in [-0.25, -0.2) is 4.79 Å². The third-order valence-electron chi connectivity index (χ3n) is 6.78. The van der Waals surface area contributed by atoms with Crippen molar-refractivity contribution in [2.45, 2.75) is 39.5 Å². The van der Waals surface area contributed by atoms with E-state index >= 15 is 0 Å². The van der Waals surface area contributed by atoms with Crippen LogP contribution in [0.3, 0.4) is 0 Å². The van der Waals surface area contributed by atoms with Gasteiger partial charge in [-0.2, -0.15) is 0 Å². The topological polar surface area (TPSA) is 63.7 Å². The Hall–Kier alpha value is -4.32. The quantitative estimate of drug-likeness (QED) is 0.250. The Morgan fingerprint density at radius 1 is 0.895 bits per heavy atom. The predicted molar refractivity (Wildman–Crippen MR) is 152 cm³/mol. The molecule has 5 rings (SSSR count). The average Bonchev–Trinajstić information content (AvgIpc) is 3.22. The molecule has 6 nitrogen and oxygen atoms in total. The number of carbonyl (C=O) groups excluding carboxylic acids is 1. The zero-order valence-corrected chi connectivity index (χ0v) is 22.3. The van der Waals surface area contributed by atoms with E-state index in [4.69, 9.17) is 9.47 Å². The van der Waals surface area contributed by atoms with Crippen molar-refractivity contribution in [2.75, 3.05) is 23.3 Å². The van der Waals surface area contributed by atoms with Crippen molar-refractivity contribution in [3.63, 3.8) is 0 Å². The van der Waals surface area contributed by atoms with Crippen LogP contribution in [0.15, 0.2) is 91.1 Å². The summed E-state index contributed by atoms with van der Waals surface area (Å²) in [6.07, 6.45) is 1.80. The number of rotatable bonds is 9. The number of nitrogens with zero attached hydrogens (tertiary/aromatic N) is 2. The monoisotopic (exact) mass is 507 g/mol. The van der Waals surface area contributed by atoms with Gasteiger partial charge in [-0.15, -0.1) is 0 Å². The van der Waals surface area contributed by atoms with E-state index in [0.29, 0.717) is 11.3 Å². The van der Waals surface area contributed by atoms with Crippen molar-refractivity contribution in [1.82, 2.24) is 4.98 Å². The SMILES string of the molecule is CCN(CC)c1ccc(C2(Nc3ccccc3-c3ccc(OC(C)C)cc3)OC(=O)c3cccnc32)cc1. The molecular formula is C32H33N3O3. The van der Waals surface area contributed by atoms with Gasteiger partial charge in [0.25, 0.3) is 5.72 Å². The number of para-hydroxylation sites is 1. The predicted octanol–water partition coefficient (Wildman–Crippen LogP) is 6.87. The van der Waals surface area contributed by atoms with E-state index in [-0.39, 0.29) is 6.10 Å². The summed E-state index contributed by atoms with van der Waals surface area (Å²) < 4.78 is 12.0. The number of cyclic esters (lactones) is 1. The lowest BCUT2D eigenvalue weighted by atomic mass is 9.95. The minimum atomic E-state index is -1.27. The first-order valence-electron chi connectivity index (χ1n) is 13.1. The summed E-state index contributed by atoms with van der Waals surface area (Å²) in [5.41, 5.74) is 4.47. The number of benzene rings is 3. The van der Waals surface area contributed by atoms with E-state index in [1.54, 1.807) is 18.3 Å². The van der Waals surface area contributed by atoms with Gasteiger partial charge in [0, 0.05) is 41.8 Å². The summed E-state index contributed by atoms with van der Waals surface area (Å²) in [5.74, 6) is 0.419. The first kappa shape index (κ1) is 25.3. The number of fused-ring (bicyclic) bond motifs is 1. The number of esters is 1. The highest BCUT2D eigenvalue weighted by Crippen LogP contribution is 2.43. The van der Waals surface area contributed by atoms with Crippen LogP contribution in [0.2, 0.25) is 0 Å². The molecule has 3 aromatic carbocycles. The summed E-state index contributed by atoms with van der Waals surface area (Å²) >= 11 is 0. The Labute approximate surface area is 224 Å². The minimum Gasteiger partial charge on any atom is -0.491 e. The third kappa shape index (κ3) is 4.70. The van der Waals surface area contributed by atoms with Crippen LogP contribution < -0.4 is 15.0 Å². The Morgan fingerprint density at radius 2 is 1.58 bits per heavy atom. The zero-order valence-electron chi connectivity index (χ0n) is 22.3. The molecule has 1 unspecified atom stereocenters. The number of nitrogens with one attached hydrogen (secondary N) is 1. The molecule has 1 aliphatic rings. The molecule has 6 heteroatoms. The summed E-state index contributed by atoms with van der Waals surface area (Å²) in [6, 6.07) is 27.7. The second-order valence-electron chi connectivity index (χ2n) is 9.55. The highest BCUT2D eigenvalue weighted by molar-refractivity contribution is 5.95. The molecular weight excluding hydrogens is 474 g/mol. The van der Waals surface area contributed by atoms with Gasteiger partial charge in [0.05, 0.1) is 11.7 Å². The molecule has 0 bridgehead atoms. The highest BCUT2D eigenvalue weighted by Gasteiger charge is 2.49. The van der Waals surface area contributed by atoms with Crippen molar-refractivity contribution in [3.05, 3.63) is 108 Å². The molecule has 0 amide bonds. The number of ether oxygens (including phenoxy) is 2. The normalized spacial score (nSPS) is 16.2. The summed E-state index contributed by atoms with van der Waals surface area (Å²) in [7, 11) is 0. The average molecular weight is 508 g/mol. The first-order valence-corrected chi connectivity index (χ1v) is 13.1. The first-order chi connectivity index (χ1) is 18.4. The second kappa shape index (κ2) is 10.6. The Morgan fingerprint density at radius 3 is 2.26 bits per heavy atom. The molecule has 0 aliphatic carbocycles. The van der Waals surface area contributed by atoms with Crippen LogP contribution in [0.5, 0.6) is 5.75 Å². The van der Waals surface area contributed by atoms with Crippen LogP contribution in [0, 0.1) is 0 Å². The van der Waals surface area contributed by atoms with Gasteiger partial charge < -0.3 is 19.7 Å². The standard InChI is InChI=1S/C32H33N3O3/c1-5-35(6-2)25-17-15-24(16-18-25)32(30-28(31(36)38-32)11-9-21-33-30)34-29-12-8-7-10-27(29)23-13-19-26(20-14-23)37-22(3)4/h7-22,34H,5-6H2,1-4H3. The van der Waals surface area contributed by atoms with Crippen molar-refractivity contribution >= 4 is 17.3 Å². The fourth-order valence-corrected chi connectivity index (χ4v) is 4.96. The van der Waals surface area contributed by atoms with Crippen LogP contribution in [-0.2, 0) is 10.5 Å². The molecule has 1 aromatic heterocycles. The van der Waals surface area contributed by atoms with Gasteiger partial charge in [-0.05, 0) is 75.7 Å². The van der Waals surface area contributed by atoms with Crippen LogP contribution >= 0.6 is 0 Å². The van der Waals surface area contributed by atoms with Crippen LogP contribution in [0.1, 0.15) is 49.3 Å². The van der Waals surface area contributed by atoms with Gasteiger partial charge >= 0.3 is 5.97 Å². The number of pyridine rings is 1. The lowest BCUT2D eigenvalue weighted by molar-refractivity contribution is 0.0203. The molecule has 1 N–H and O–H groups in total. The Kier molecular flexibility index (Phi) is 7.05. The number of aromatic nitrogens is 1. The van der Waals surface area contributed by atoms with Crippen molar-refractivity contribution in [3.8, 4) is 16.9 Å². The largest absolute Gasteiger partial charge is 0.491 e. The summed E-state index contributed by atoms with van der Waals surface area (Å²) in [5, 5.41) is 3.60. The van der Waals surface area contributed by atoms with Gasteiger partial charge in [0.15, 0.2) is 0 Å². The lowest BCUT2D eigenvalue weighted by Gasteiger charge is -2.32. The van der Waals surface area contributed by atoms with E-state index in [2.05, 4.69) is 41.2 Å². The molecule has 0 saturated carbocycles. The second-order valence-corrected chi connectivity index (χ2v) is 9.55. The van der Waals surface area contributed by atoms with Crippen molar-refractivity contribution in [2.24, 2.45) is 0 Å². The Bertz CT molecular complexity index is 1410. The molecule has 194 valence electrons. The van der Waals surface area contributed by atoms with E-state index in [0.717, 1.165) is 46.9 Å². The molecule has 1 atom stereocenters. The van der Waals surface area contributed by atoms with E-state index in [9.17, 15) is 4.79 Å². The molecule has 38 heavy (non-hydrogen) atoms. The van der Waals surface area contributed by atoms with Crippen molar-refractivity contribution in [1.29, 1.82) is 0 Å². The van der Waals surface area contributed by atoms with Gasteiger partial charge in [0.1, 0.15) is 11.4 Å². The van der Waals surface area contributed by atoms with E-state index in [1.807, 2.05) is 74.5 Å². The van der Waals surface area contributed by atoms with Crippen molar-refractivity contribution < 1.29 is 14.3 Å². The van der Waals surface area contributed by atoms with Gasteiger partial charge in [-0.3, -0.25) is 4.98 Å². The fraction of sp³-hybridized carbons (Fsp3) is 0.250. The maximum absolute atomic E-state index is 13.1. The Balaban J connectivity index is 1.59. The molecule has 0 radical (unpaired) electrons. The maximum Gasteiger partial charge on any atom is 0.342 e. The van der Waals surface area contributed by atoms with Gasteiger partial charge in [0.2, 0.25) is 0 Å². The molecule has 0 saturated heterocycles. The van der Waals surface area contributed by atoms with E-state index in [1.165, 1.54) is 0 Å². The number of hydrogen-bond donors (Lipinski definition) is 1. The summed E-state index contributed by atoms with van der Waals surface area (Å²) in [6.45, 7) is 10.1. The summed E-state index contributed by atoms with van der Waals surface area (Å²) in [4.78, 5) is 20.0. The zero-order chi connectivity index (χ0) is 26.7. The highest BCUT2D eigenvalue weighted by atomic mass is 16.6. The molecule has 4 aromatic rings. The molecule has 2 heterocycles. The number of hydrogen-bond acceptors (Lipinski definition) is 6. The third-order valence-corrected chi connectivity index (χ3v) is 6.78. The van der Waals surface area contributed by atoms with E-state index < -0.39 is 11.7 Å². The van der Waals surface area contributed by atoms with Gasteiger partial charge in [-0.1, -0.05) is 42.5 Å². The minimum absolute atomic E-state index is 0.104. The van der Waals surface area contributed by atoms with Crippen LogP contribution in [0.4, 0.5) is 11.4 Å². The van der Waals surface area contributed by atoms with Crippen LogP contribution in [-0.4, -0.2) is 30.1 Å². The fourth-order valence-electron chi connectivity index (χ4n) is 4.96. The molecule has 0 fully saturated rings. The molecule has 0 spiro atoms. The maximum atomic E-state index is 13.1. The smallest absolute Gasteiger partial charge is 0.342 e. The number of anilines is 2. The molecule has 1 aliphatic heterocycles. The van der Waals surface area contributed by atoms with Crippen LogP contribution in [0.25, 0.3) is 11.1 Å².